The van der Waals surface area contributed by atoms with E-state index in [1.165, 1.54) is 0 Å². The van der Waals surface area contributed by atoms with Gasteiger partial charge < -0.3 is 5.32 Å². The molecule has 0 aliphatic carbocycles. The Hall–Kier alpha value is -3.44. The summed E-state index contributed by atoms with van der Waals surface area (Å²) < 4.78 is 0. The van der Waals surface area contributed by atoms with Crippen LogP contribution in [0.3, 0.4) is 0 Å². The average molecular weight is 391 g/mol. The smallest absolute Gasteiger partial charge is 0.266 e. The number of hydrogen-bond acceptors (Lipinski definition) is 3. The van der Waals surface area contributed by atoms with Gasteiger partial charge in [-0.1, -0.05) is 48.0 Å². The van der Waals surface area contributed by atoms with E-state index in [9.17, 15) is 14.4 Å². The standard InChI is InChI=1S/C22H15ClN2O3/c23-18-7-3-4-8-19(18)24-20(26)13-14-9-11-15(12-10-14)25-21(27)16-5-1-2-6-17(16)22(25)28/h1-12H,13H2,(H,24,26). The van der Waals surface area contributed by atoms with Crippen LogP contribution in [0.1, 0.15) is 26.3 Å². The fourth-order valence-electron chi connectivity index (χ4n) is 3.13. The monoisotopic (exact) mass is 390 g/mol. The molecule has 1 N–H and O–H groups in total. The van der Waals surface area contributed by atoms with Gasteiger partial charge in [-0.2, -0.15) is 0 Å². The van der Waals surface area contributed by atoms with E-state index in [1.807, 2.05) is 0 Å². The first-order valence-corrected chi connectivity index (χ1v) is 9.03. The predicted molar refractivity (Wildman–Crippen MR) is 108 cm³/mol. The van der Waals surface area contributed by atoms with E-state index >= 15 is 0 Å². The highest BCUT2D eigenvalue weighted by Crippen LogP contribution is 2.28. The van der Waals surface area contributed by atoms with Gasteiger partial charge >= 0.3 is 0 Å². The minimum atomic E-state index is -0.343. The molecule has 0 saturated heterocycles. The predicted octanol–water partition coefficient (Wildman–Crippen LogP) is 4.32. The Kier molecular flexibility index (Phi) is 4.67. The zero-order valence-corrected chi connectivity index (χ0v) is 15.4. The van der Waals surface area contributed by atoms with Crippen molar-refractivity contribution < 1.29 is 14.4 Å². The zero-order chi connectivity index (χ0) is 19.7. The van der Waals surface area contributed by atoms with E-state index in [4.69, 9.17) is 11.6 Å². The summed E-state index contributed by atoms with van der Waals surface area (Å²) in [5, 5.41) is 3.23. The van der Waals surface area contributed by atoms with Crippen molar-refractivity contribution in [1.29, 1.82) is 0 Å². The van der Waals surface area contributed by atoms with Crippen LogP contribution in [0.25, 0.3) is 0 Å². The van der Waals surface area contributed by atoms with Gasteiger partial charge in [0.2, 0.25) is 5.91 Å². The SMILES string of the molecule is O=C(Cc1ccc(N2C(=O)c3ccccc3C2=O)cc1)Nc1ccccc1Cl. The Bertz CT molecular complexity index is 1060. The topological polar surface area (TPSA) is 66.5 Å². The number of rotatable bonds is 4. The van der Waals surface area contributed by atoms with E-state index in [2.05, 4.69) is 5.32 Å². The van der Waals surface area contributed by atoms with Crippen LogP contribution in [0.4, 0.5) is 11.4 Å². The first-order chi connectivity index (χ1) is 13.5. The van der Waals surface area contributed by atoms with Gasteiger partial charge in [0.15, 0.2) is 0 Å². The molecule has 1 aliphatic rings. The third kappa shape index (κ3) is 3.28. The highest BCUT2D eigenvalue weighted by atomic mass is 35.5. The van der Waals surface area contributed by atoms with Crippen molar-refractivity contribution in [3.8, 4) is 0 Å². The fraction of sp³-hybridized carbons (Fsp3) is 0.0455. The molecule has 28 heavy (non-hydrogen) atoms. The van der Waals surface area contributed by atoms with Gasteiger partial charge in [-0.05, 0) is 42.0 Å². The maximum Gasteiger partial charge on any atom is 0.266 e. The second-order valence-electron chi connectivity index (χ2n) is 6.36. The molecule has 1 aliphatic heterocycles. The summed E-state index contributed by atoms with van der Waals surface area (Å²) in [5.41, 5.74) is 2.58. The number of carbonyl (C=O) groups excluding carboxylic acids is 3. The van der Waals surface area contributed by atoms with Gasteiger partial charge in [-0.25, -0.2) is 4.90 Å². The third-order valence-corrected chi connectivity index (χ3v) is 4.83. The van der Waals surface area contributed by atoms with Crippen LogP contribution in [0, 0.1) is 0 Å². The van der Waals surface area contributed by atoms with Gasteiger partial charge in [0.1, 0.15) is 0 Å². The number of para-hydroxylation sites is 1. The molecule has 138 valence electrons. The quantitative estimate of drug-likeness (QED) is 0.674. The fourth-order valence-corrected chi connectivity index (χ4v) is 3.31. The molecule has 4 rings (SSSR count). The third-order valence-electron chi connectivity index (χ3n) is 4.50. The lowest BCUT2D eigenvalue weighted by Crippen LogP contribution is -2.29. The molecule has 0 saturated carbocycles. The number of benzene rings is 3. The summed E-state index contributed by atoms with van der Waals surface area (Å²) in [6, 6.07) is 20.5. The number of hydrogen-bond donors (Lipinski definition) is 1. The number of fused-ring (bicyclic) bond motifs is 1. The summed E-state index contributed by atoms with van der Waals surface area (Å²) in [6.45, 7) is 0. The van der Waals surface area contributed by atoms with E-state index in [1.54, 1.807) is 72.8 Å². The number of anilines is 2. The van der Waals surface area contributed by atoms with Crippen molar-refractivity contribution in [3.63, 3.8) is 0 Å². The second-order valence-corrected chi connectivity index (χ2v) is 6.77. The number of nitrogens with zero attached hydrogens (tertiary/aromatic N) is 1. The molecule has 1 heterocycles. The van der Waals surface area contributed by atoms with E-state index < -0.39 is 0 Å². The molecular formula is C22H15ClN2O3. The summed E-state index contributed by atoms with van der Waals surface area (Å²) in [5.74, 6) is -0.892. The highest BCUT2D eigenvalue weighted by Gasteiger charge is 2.36. The van der Waals surface area contributed by atoms with Crippen molar-refractivity contribution in [2.75, 3.05) is 10.2 Å². The van der Waals surface area contributed by atoms with Crippen molar-refractivity contribution in [3.05, 3.63) is 94.5 Å². The molecule has 0 fully saturated rings. The molecule has 0 radical (unpaired) electrons. The van der Waals surface area contributed by atoms with Crippen LogP contribution in [-0.4, -0.2) is 17.7 Å². The molecule has 0 bridgehead atoms. The Morgan fingerprint density at radius 2 is 1.39 bits per heavy atom. The minimum absolute atomic E-state index is 0.146. The van der Waals surface area contributed by atoms with Crippen molar-refractivity contribution in [2.24, 2.45) is 0 Å². The normalized spacial score (nSPS) is 12.8. The van der Waals surface area contributed by atoms with Crippen molar-refractivity contribution >= 4 is 40.7 Å². The van der Waals surface area contributed by atoms with E-state index in [0.717, 1.165) is 10.5 Å². The summed E-state index contributed by atoms with van der Waals surface area (Å²) in [6.07, 6.45) is 0.146. The Labute approximate surface area is 166 Å². The zero-order valence-electron chi connectivity index (χ0n) is 14.7. The maximum absolute atomic E-state index is 12.5. The van der Waals surface area contributed by atoms with Crippen LogP contribution in [0.5, 0.6) is 0 Å². The highest BCUT2D eigenvalue weighted by molar-refractivity contribution is 6.34. The Balaban J connectivity index is 1.48. The molecule has 6 heteroatoms. The molecule has 0 atom stereocenters. The minimum Gasteiger partial charge on any atom is -0.324 e. The first-order valence-electron chi connectivity index (χ1n) is 8.66. The number of amides is 3. The molecular weight excluding hydrogens is 376 g/mol. The number of imide groups is 1. The van der Waals surface area contributed by atoms with Crippen molar-refractivity contribution in [2.45, 2.75) is 6.42 Å². The van der Waals surface area contributed by atoms with Crippen LogP contribution in [0.15, 0.2) is 72.8 Å². The van der Waals surface area contributed by atoms with Crippen molar-refractivity contribution in [1.82, 2.24) is 0 Å². The molecule has 3 aromatic carbocycles. The van der Waals surface area contributed by atoms with Gasteiger partial charge in [-0.3, -0.25) is 14.4 Å². The van der Waals surface area contributed by atoms with Gasteiger partial charge in [0.05, 0.1) is 33.9 Å². The summed E-state index contributed by atoms with van der Waals surface area (Å²) >= 11 is 6.05. The first kappa shape index (κ1) is 17.9. The van der Waals surface area contributed by atoms with Crippen LogP contribution >= 0.6 is 11.6 Å². The maximum atomic E-state index is 12.5. The lowest BCUT2D eigenvalue weighted by Gasteiger charge is -2.14. The second kappa shape index (κ2) is 7.29. The molecule has 3 aromatic rings. The molecule has 0 unspecified atom stereocenters. The molecule has 0 spiro atoms. The Morgan fingerprint density at radius 1 is 0.821 bits per heavy atom. The van der Waals surface area contributed by atoms with E-state index in [0.29, 0.717) is 27.5 Å². The number of carbonyl (C=O) groups is 3. The van der Waals surface area contributed by atoms with E-state index in [-0.39, 0.29) is 24.1 Å². The molecule has 3 amide bonds. The summed E-state index contributed by atoms with van der Waals surface area (Å²) in [7, 11) is 0. The van der Waals surface area contributed by atoms with Gasteiger partial charge in [-0.15, -0.1) is 0 Å². The number of nitrogens with one attached hydrogen (secondary N) is 1. The average Bonchev–Trinajstić information content (AvgIpc) is 2.95. The number of halogens is 1. The largest absolute Gasteiger partial charge is 0.324 e. The van der Waals surface area contributed by atoms with Gasteiger partial charge in [0.25, 0.3) is 11.8 Å². The van der Waals surface area contributed by atoms with Crippen LogP contribution < -0.4 is 10.2 Å². The van der Waals surface area contributed by atoms with Gasteiger partial charge in [0, 0.05) is 0 Å². The lowest BCUT2D eigenvalue weighted by molar-refractivity contribution is -0.115. The van der Waals surface area contributed by atoms with Crippen LogP contribution in [-0.2, 0) is 11.2 Å². The molecule has 0 aromatic heterocycles. The Morgan fingerprint density at radius 3 is 2.00 bits per heavy atom. The lowest BCUT2D eigenvalue weighted by atomic mass is 10.1. The summed E-state index contributed by atoms with van der Waals surface area (Å²) in [4.78, 5) is 38.5. The molecule has 5 nitrogen and oxygen atoms in total. The van der Waals surface area contributed by atoms with Crippen LogP contribution in [0.2, 0.25) is 5.02 Å².